The number of carbonyl (C=O) groups is 1. The first-order valence-electron chi connectivity index (χ1n) is 8.08. The molecule has 1 N–H and O–H groups in total. The molecule has 0 aliphatic rings. The van der Waals surface area contributed by atoms with Gasteiger partial charge in [0.2, 0.25) is 0 Å². The Hall–Kier alpha value is -2.59. The molecular formula is C20H20ClN3O. The van der Waals surface area contributed by atoms with Gasteiger partial charge in [0, 0.05) is 11.3 Å². The predicted molar refractivity (Wildman–Crippen MR) is 102 cm³/mol. The highest BCUT2D eigenvalue weighted by Crippen LogP contribution is 2.23. The fourth-order valence-electron chi connectivity index (χ4n) is 2.83. The first-order valence-corrected chi connectivity index (χ1v) is 8.46. The lowest BCUT2D eigenvalue weighted by molar-refractivity contribution is 0.102. The molecule has 0 saturated carbocycles. The standard InChI is InChI=1S/C20H20ClN3O/c1-12-6-5-7-13(2)19(12)22-20(25)16-8-10-17(11-9-16)24-15(4)18(21)14(3)23-24/h5-11H,1-4H3,(H,22,25). The molecule has 0 spiro atoms. The van der Waals surface area contributed by atoms with Gasteiger partial charge in [-0.2, -0.15) is 5.10 Å². The summed E-state index contributed by atoms with van der Waals surface area (Å²) in [5, 5.41) is 8.09. The molecule has 128 valence electrons. The van der Waals surface area contributed by atoms with Gasteiger partial charge in [-0.25, -0.2) is 4.68 Å². The smallest absolute Gasteiger partial charge is 0.255 e. The van der Waals surface area contributed by atoms with E-state index in [0.29, 0.717) is 10.6 Å². The monoisotopic (exact) mass is 353 g/mol. The van der Waals surface area contributed by atoms with Crippen LogP contribution in [0.2, 0.25) is 5.02 Å². The zero-order valence-corrected chi connectivity index (χ0v) is 15.5. The fraction of sp³-hybridized carbons (Fsp3) is 0.200. The Balaban J connectivity index is 1.85. The van der Waals surface area contributed by atoms with Gasteiger partial charge in [0.25, 0.3) is 5.91 Å². The zero-order chi connectivity index (χ0) is 18.1. The van der Waals surface area contributed by atoms with Gasteiger partial charge in [-0.15, -0.1) is 0 Å². The maximum absolute atomic E-state index is 12.5. The molecule has 3 rings (SSSR count). The minimum atomic E-state index is -0.129. The molecule has 2 aromatic carbocycles. The number of halogens is 1. The van der Waals surface area contributed by atoms with Crippen LogP contribution in [0.5, 0.6) is 0 Å². The van der Waals surface area contributed by atoms with E-state index in [-0.39, 0.29) is 5.91 Å². The minimum absolute atomic E-state index is 0.129. The highest BCUT2D eigenvalue weighted by atomic mass is 35.5. The number of amides is 1. The maximum Gasteiger partial charge on any atom is 0.255 e. The third-order valence-electron chi connectivity index (χ3n) is 4.30. The van der Waals surface area contributed by atoms with Crippen molar-refractivity contribution >= 4 is 23.2 Å². The number of nitrogens with one attached hydrogen (secondary N) is 1. The average molecular weight is 354 g/mol. The molecule has 0 saturated heterocycles. The lowest BCUT2D eigenvalue weighted by Crippen LogP contribution is -2.14. The second-order valence-corrected chi connectivity index (χ2v) is 6.54. The number of benzene rings is 2. The summed E-state index contributed by atoms with van der Waals surface area (Å²) >= 11 is 6.20. The quantitative estimate of drug-likeness (QED) is 0.719. The molecule has 1 aromatic heterocycles. The Kier molecular flexibility index (Phi) is 4.64. The second kappa shape index (κ2) is 6.73. The first kappa shape index (κ1) is 17.2. The topological polar surface area (TPSA) is 46.9 Å². The van der Waals surface area contributed by atoms with Crippen LogP contribution >= 0.6 is 11.6 Å². The molecule has 0 aliphatic heterocycles. The van der Waals surface area contributed by atoms with Gasteiger partial charge in [0.15, 0.2) is 0 Å². The molecule has 3 aromatic rings. The molecule has 4 nitrogen and oxygen atoms in total. The maximum atomic E-state index is 12.5. The largest absolute Gasteiger partial charge is 0.322 e. The van der Waals surface area contributed by atoms with Crippen molar-refractivity contribution < 1.29 is 4.79 Å². The van der Waals surface area contributed by atoms with Gasteiger partial charge >= 0.3 is 0 Å². The van der Waals surface area contributed by atoms with Crippen LogP contribution in [0, 0.1) is 27.7 Å². The summed E-state index contributed by atoms with van der Waals surface area (Å²) in [5.41, 5.74) is 6.09. The summed E-state index contributed by atoms with van der Waals surface area (Å²) in [6, 6.07) is 13.3. The number of aryl methyl sites for hydroxylation is 3. The van der Waals surface area contributed by atoms with Crippen LogP contribution in [0.3, 0.4) is 0 Å². The summed E-state index contributed by atoms with van der Waals surface area (Å²) in [7, 11) is 0. The summed E-state index contributed by atoms with van der Waals surface area (Å²) < 4.78 is 1.78. The number of rotatable bonds is 3. The van der Waals surface area contributed by atoms with Crippen LogP contribution < -0.4 is 5.32 Å². The molecule has 1 heterocycles. The number of hydrogen-bond acceptors (Lipinski definition) is 2. The number of anilines is 1. The van der Waals surface area contributed by atoms with Crippen LogP contribution in [-0.2, 0) is 0 Å². The fourth-order valence-corrected chi connectivity index (χ4v) is 2.94. The van der Waals surface area contributed by atoms with Crippen molar-refractivity contribution in [2.45, 2.75) is 27.7 Å². The summed E-state index contributed by atoms with van der Waals surface area (Å²) in [6.45, 7) is 7.76. The van der Waals surface area contributed by atoms with Crippen molar-refractivity contribution in [3.05, 3.63) is 75.6 Å². The van der Waals surface area contributed by atoms with Crippen molar-refractivity contribution in [3.8, 4) is 5.69 Å². The normalized spacial score (nSPS) is 10.8. The van der Waals surface area contributed by atoms with E-state index in [1.54, 1.807) is 16.8 Å². The number of carbonyl (C=O) groups excluding carboxylic acids is 1. The Labute approximate surface area is 152 Å². The molecule has 0 aliphatic carbocycles. The van der Waals surface area contributed by atoms with Crippen molar-refractivity contribution in [1.82, 2.24) is 9.78 Å². The van der Waals surface area contributed by atoms with Gasteiger partial charge in [0.05, 0.1) is 22.1 Å². The lowest BCUT2D eigenvalue weighted by atomic mass is 10.1. The molecule has 0 atom stereocenters. The molecule has 0 unspecified atom stereocenters. The third-order valence-corrected chi connectivity index (χ3v) is 4.84. The molecule has 0 radical (unpaired) electrons. The van der Waals surface area contributed by atoms with E-state index in [4.69, 9.17) is 11.6 Å². The van der Waals surface area contributed by atoms with Gasteiger partial charge in [-0.1, -0.05) is 29.8 Å². The van der Waals surface area contributed by atoms with Crippen LogP contribution in [0.15, 0.2) is 42.5 Å². The van der Waals surface area contributed by atoms with E-state index in [9.17, 15) is 4.79 Å². The van der Waals surface area contributed by atoms with Crippen LogP contribution in [0.25, 0.3) is 5.69 Å². The van der Waals surface area contributed by atoms with Crippen molar-refractivity contribution in [2.24, 2.45) is 0 Å². The second-order valence-electron chi connectivity index (χ2n) is 6.16. The molecular weight excluding hydrogens is 334 g/mol. The Morgan fingerprint density at radius 2 is 1.60 bits per heavy atom. The number of hydrogen-bond donors (Lipinski definition) is 1. The summed E-state index contributed by atoms with van der Waals surface area (Å²) in [6.07, 6.45) is 0. The minimum Gasteiger partial charge on any atom is -0.322 e. The SMILES string of the molecule is Cc1cccc(C)c1NC(=O)c1ccc(-n2nc(C)c(Cl)c2C)cc1. The van der Waals surface area contributed by atoms with Crippen molar-refractivity contribution in [1.29, 1.82) is 0 Å². The predicted octanol–water partition coefficient (Wildman–Crippen LogP) is 5.01. The van der Waals surface area contributed by atoms with E-state index in [1.807, 2.05) is 58.0 Å². The van der Waals surface area contributed by atoms with Crippen LogP contribution in [0.4, 0.5) is 5.69 Å². The van der Waals surface area contributed by atoms with E-state index in [2.05, 4.69) is 10.4 Å². The molecule has 25 heavy (non-hydrogen) atoms. The van der Waals surface area contributed by atoms with Gasteiger partial charge in [-0.05, 0) is 63.1 Å². The number of aromatic nitrogens is 2. The van der Waals surface area contributed by atoms with Crippen molar-refractivity contribution in [2.75, 3.05) is 5.32 Å². The van der Waals surface area contributed by atoms with E-state index in [1.165, 1.54) is 0 Å². The number of nitrogens with zero attached hydrogens (tertiary/aromatic N) is 2. The Bertz CT molecular complexity index is 922. The van der Waals surface area contributed by atoms with E-state index in [0.717, 1.165) is 33.9 Å². The Morgan fingerprint density at radius 3 is 2.12 bits per heavy atom. The summed E-state index contributed by atoms with van der Waals surface area (Å²) in [4.78, 5) is 12.5. The van der Waals surface area contributed by atoms with Gasteiger partial charge < -0.3 is 5.32 Å². The van der Waals surface area contributed by atoms with Crippen LogP contribution in [-0.4, -0.2) is 15.7 Å². The van der Waals surface area contributed by atoms with Gasteiger partial charge in [-0.3, -0.25) is 4.79 Å². The molecule has 5 heteroatoms. The number of para-hydroxylation sites is 1. The van der Waals surface area contributed by atoms with E-state index < -0.39 is 0 Å². The summed E-state index contributed by atoms with van der Waals surface area (Å²) in [5.74, 6) is -0.129. The zero-order valence-electron chi connectivity index (χ0n) is 14.7. The van der Waals surface area contributed by atoms with Gasteiger partial charge in [0.1, 0.15) is 0 Å². The molecule has 1 amide bonds. The highest BCUT2D eigenvalue weighted by Gasteiger charge is 2.13. The average Bonchev–Trinajstić information content (AvgIpc) is 2.86. The molecule has 0 fully saturated rings. The Morgan fingerprint density at radius 1 is 1.00 bits per heavy atom. The van der Waals surface area contributed by atoms with E-state index >= 15 is 0 Å². The van der Waals surface area contributed by atoms with Crippen molar-refractivity contribution in [3.63, 3.8) is 0 Å². The molecule has 0 bridgehead atoms. The third kappa shape index (κ3) is 3.30. The highest BCUT2D eigenvalue weighted by molar-refractivity contribution is 6.31. The first-order chi connectivity index (χ1) is 11.9. The van der Waals surface area contributed by atoms with Crippen LogP contribution in [0.1, 0.15) is 32.9 Å². The lowest BCUT2D eigenvalue weighted by Gasteiger charge is -2.12.